The number of hydrogen-bond acceptors (Lipinski definition) is 6. The molecule has 10 heteroatoms. The minimum atomic E-state index is -0.553. The van der Waals surface area contributed by atoms with Gasteiger partial charge in [-0.2, -0.15) is 0 Å². The van der Waals surface area contributed by atoms with E-state index in [1.54, 1.807) is 35.2 Å². The SMILES string of the molecule is COc1ccc(C(=O)NC2CCN(C(=O)OC(C)(C)C)CC2)c(CC(=O)Nc2ccc(Cl)cn2)c1. The number of aromatic nitrogens is 1. The van der Waals surface area contributed by atoms with Crippen molar-refractivity contribution in [1.29, 1.82) is 0 Å². The van der Waals surface area contributed by atoms with Gasteiger partial charge in [-0.15, -0.1) is 0 Å². The Morgan fingerprint density at radius 2 is 1.86 bits per heavy atom. The number of likely N-dealkylation sites (tertiary alicyclic amines) is 1. The number of ether oxygens (including phenoxy) is 2. The summed E-state index contributed by atoms with van der Waals surface area (Å²) in [5, 5.41) is 6.20. The maximum atomic E-state index is 13.1. The third-order valence-electron chi connectivity index (χ3n) is 5.38. The third-order valence-corrected chi connectivity index (χ3v) is 5.61. The van der Waals surface area contributed by atoms with Crippen LogP contribution in [0, 0.1) is 0 Å². The van der Waals surface area contributed by atoms with Gasteiger partial charge in [0.25, 0.3) is 5.91 Å². The van der Waals surface area contributed by atoms with Gasteiger partial charge in [0.05, 0.1) is 18.6 Å². The first kappa shape index (κ1) is 26.3. The van der Waals surface area contributed by atoms with Crippen LogP contribution < -0.4 is 15.4 Å². The number of carbonyl (C=O) groups is 3. The van der Waals surface area contributed by atoms with Crippen molar-refractivity contribution in [2.75, 3.05) is 25.5 Å². The molecule has 2 aromatic rings. The topological polar surface area (TPSA) is 110 Å². The van der Waals surface area contributed by atoms with E-state index in [4.69, 9.17) is 21.1 Å². The number of methoxy groups -OCH3 is 1. The summed E-state index contributed by atoms with van der Waals surface area (Å²) in [4.78, 5) is 43.7. The summed E-state index contributed by atoms with van der Waals surface area (Å²) in [7, 11) is 1.52. The Bertz CT molecular complexity index is 1060. The predicted molar refractivity (Wildman–Crippen MR) is 133 cm³/mol. The Hall–Kier alpha value is -3.33. The van der Waals surface area contributed by atoms with E-state index in [-0.39, 0.29) is 30.4 Å². The summed E-state index contributed by atoms with van der Waals surface area (Å²) in [6.45, 7) is 6.47. The molecule has 1 aromatic carbocycles. The zero-order valence-corrected chi connectivity index (χ0v) is 21.1. The lowest BCUT2D eigenvalue weighted by atomic mass is 10.0. The molecule has 9 nitrogen and oxygen atoms in total. The number of carbonyl (C=O) groups excluding carboxylic acids is 3. The highest BCUT2D eigenvalue weighted by molar-refractivity contribution is 6.30. The lowest BCUT2D eigenvalue weighted by Gasteiger charge is -2.33. The van der Waals surface area contributed by atoms with E-state index < -0.39 is 5.60 Å². The minimum Gasteiger partial charge on any atom is -0.497 e. The van der Waals surface area contributed by atoms with Crippen LogP contribution in [0.3, 0.4) is 0 Å². The van der Waals surface area contributed by atoms with E-state index in [0.29, 0.717) is 53.6 Å². The van der Waals surface area contributed by atoms with Crippen LogP contribution in [0.1, 0.15) is 49.5 Å². The Morgan fingerprint density at radius 3 is 2.46 bits per heavy atom. The molecule has 1 saturated heterocycles. The molecule has 1 aromatic heterocycles. The number of anilines is 1. The normalized spacial score (nSPS) is 14.3. The average Bonchev–Trinajstić information content (AvgIpc) is 2.79. The van der Waals surface area contributed by atoms with Gasteiger partial charge >= 0.3 is 6.09 Å². The van der Waals surface area contributed by atoms with Gasteiger partial charge in [0.2, 0.25) is 5.91 Å². The second kappa shape index (κ2) is 11.4. The minimum absolute atomic E-state index is 0.0403. The molecule has 3 rings (SSSR count). The molecule has 0 atom stereocenters. The fourth-order valence-electron chi connectivity index (χ4n) is 3.67. The van der Waals surface area contributed by atoms with E-state index in [2.05, 4.69) is 15.6 Å². The summed E-state index contributed by atoms with van der Waals surface area (Å²) in [6.07, 6.45) is 2.27. The van der Waals surface area contributed by atoms with Gasteiger partial charge in [-0.25, -0.2) is 9.78 Å². The molecular formula is C25H31ClN4O5. The van der Waals surface area contributed by atoms with Crippen LogP contribution in [0.15, 0.2) is 36.5 Å². The number of halogens is 1. The molecular weight excluding hydrogens is 472 g/mol. The Morgan fingerprint density at radius 1 is 1.14 bits per heavy atom. The highest BCUT2D eigenvalue weighted by atomic mass is 35.5. The molecule has 1 aliphatic heterocycles. The van der Waals surface area contributed by atoms with Gasteiger partial charge in [-0.05, 0) is 69.5 Å². The van der Waals surface area contributed by atoms with Gasteiger partial charge in [0.1, 0.15) is 17.2 Å². The molecule has 1 aliphatic rings. The summed E-state index contributed by atoms with van der Waals surface area (Å²) >= 11 is 5.84. The van der Waals surface area contributed by atoms with Crippen molar-refractivity contribution in [3.8, 4) is 5.75 Å². The number of nitrogens with zero attached hydrogens (tertiary/aromatic N) is 2. The largest absolute Gasteiger partial charge is 0.497 e. The van der Waals surface area contributed by atoms with Crippen LogP contribution in [-0.4, -0.2) is 59.6 Å². The first-order valence-electron chi connectivity index (χ1n) is 11.4. The highest BCUT2D eigenvalue weighted by Gasteiger charge is 2.28. The molecule has 0 aliphatic carbocycles. The standard InChI is InChI=1S/C25H31ClN4O5/c1-25(2,3)35-24(33)30-11-9-18(10-12-30)28-23(32)20-7-6-19(34-4)13-16(20)14-22(31)29-21-8-5-17(26)15-27-21/h5-8,13,15,18H,9-12,14H2,1-4H3,(H,28,32)(H,27,29,31). The first-order chi connectivity index (χ1) is 16.5. The molecule has 35 heavy (non-hydrogen) atoms. The number of nitrogens with one attached hydrogen (secondary N) is 2. The smallest absolute Gasteiger partial charge is 0.410 e. The van der Waals surface area contributed by atoms with Gasteiger partial charge in [-0.1, -0.05) is 11.6 Å². The number of hydrogen-bond donors (Lipinski definition) is 2. The van der Waals surface area contributed by atoms with Gasteiger partial charge in [-0.3, -0.25) is 9.59 Å². The van der Waals surface area contributed by atoms with Gasteiger partial charge in [0, 0.05) is 30.9 Å². The lowest BCUT2D eigenvalue weighted by Crippen LogP contribution is -2.47. The number of piperidine rings is 1. The number of pyridine rings is 1. The molecule has 3 amide bonds. The Labute approximate surface area is 210 Å². The fraction of sp³-hybridized carbons (Fsp3) is 0.440. The monoisotopic (exact) mass is 502 g/mol. The Kier molecular flexibility index (Phi) is 8.56. The van der Waals surface area contributed by atoms with E-state index in [0.717, 1.165) is 0 Å². The van der Waals surface area contributed by atoms with Crippen LogP contribution in [-0.2, 0) is 16.0 Å². The second-order valence-corrected chi connectivity index (χ2v) is 9.76. The molecule has 0 saturated carbocycles. The van der Waals surface area contributed by atoms with Crippen molar-refractivity contribution in [3.05, 3.63) is 52.7 Å². The second-order valence-electron chi connectivity index (χ2n) is 9.32. The molecule has 2 N–H and O–H groups in total. The third kappa shape index (κ3) is 7.85. The van der Waals surface area contributed by atoms with Crippen molar-refractivity contribution < 1.29 is 23.9 Å². The summed E-state index contributed by atoms with van der Waals surface area (Å²) in [5.74, 6) is 0.299. The summed E-state index contributed by atoms with van der Waals surface area (Å²) in [5.41, 5.74) is 0.363. The van der Waals surface area contributed by atoms with Crippen molar-refractivity contribution >= 4 is 35.3 Å². The van der Waals surface area contributed by atoms with Crippen LogP contribution in [0.5, 0.6) is 5.75 Å². The number of amides is 3. The maximum Gasteiger partial charge on any atom is 0.410 e. The molecule has 0 spiro atoms. The summed E-state index contributed by atoms with van der Waals surface area (Å²) < 4.78 is 10.7. The number of benzene rings is 1. The first-order valence-corrected chi connectivity index (χ1v) is 11.8. The van der Waals surface area contributed by atoms with Crippen molar-refractivity contribution in [3.63, 3.8) is 0 Å². The van der Waals surface area contributed by atoms with E-state index >= 15 is 0 Å². The van der Waals surface area contributed by atoms with Gasteiger partial charge < -0.3 is 25.0 Å². The fourth-order valence-corrected chi connectivity index (χ4v) is 3.78. The van der Waals surface area contributed by atoms with Crippen LogP contribution >= 0.6 is 11.6 Å². The molecule has 0 bridgehead atoms. The van der Waals surface area contributed by atoms with Gasteiger partial charge in [0.15, 0.2) is 0 Å². The van der Waals surface area contributed by atoms with Crippen LogP contribution in [0.25, 0.3) is 0 Å². The zero-order valence-electron chi connectivity index (χ0n) is 20.4. The van der Waals surface area contributed by atoms with E-state index in [1.807, 2.05) is 20.8 Å². The molecule has 0 radical (unpaired) electrons. The van der Waals surface area contributed by atoms with Crippen LogP contribution in [0.2, 0.25) is 5.02 Å². The summed E-state index contributed by atoms with van der Waals surface area (Å²) in [6, 6.07) is 8.14. The van der Waals surface area contributed by atoms with Crippen molar-refractivity contribution in [1.82, 2.24) is 15.2 Å². The molecule has 2 heterocycles. The average molecular weight is 503 g/mol. The van der Waals surface area contributed by atoms with Crippen molar-refractivity contribution in [2.45, 2.75) is 51.7 Å². The maximum absolute atomic E-state index is 13.1. The predicted octanol–water partition coefficient (Wildman–Crippen LogP) is 4.05. The van der Waals surface area contributed by atoms with E-state index in [9.17, 15) is 14.4 Å². The van der Waals surface area contributed by atoms with E-state index in [1.165, 1.54) is 13.3 Å². The molecule has 1 fully saturated rings. The number of rotatable bonds is 6. The quantitative estimate of drug-likeness (QED) is 0.616. The molecule has 0 unspecified atom stereocenters. The zero-order chi connectivity index (χ0) is 25.6. The Balaban J connectivity index is 1.62. The molecule has 188 valence electrons. The highest BCUT2D eigenvalue weighted by Crippen LogP contribution is 2.21. The lowest BCUT2D eigenvalue weighted by molar-refractivity contribution is -0.115. The van der Waals surface area contributed by atoms with Crippen LogP contribution in [0.4, 0.5) is 10.6 Å². The van der Waals surface area contributed by atoms with Crippen molar-refractivity contribution in [2.24, 2.45) is 0 Å².